The van der Waals surface area contributed by atoms with Crippen LogP contribution in [0.4, 0.5) is 5.69 Å². The number of anilines is 1. The summed E-state index contributed by atoms with van der Waals surface area (Å²) in [4.78, 5) is 19.0. The first-order valence-corrected chi connectivity index (χ1v) is 9.25. The number of rotatable bonds is 5. The lowest BCUT2D eigenvalue weighted by atomic mass is 10.2. The number of hydrogen-bond donors (Lipinski definition) is 1. The molecule has 0 bridgehead atoms. The van der Waals surface area contributed by atoms with Crippen molar-refractivity contribution in [3.63, 3.8) is 0 Å². The minimum atomic E-state index is -0.0961. The van der Waals surface area contributed by atoms with Crippen LogP contribution in [0.3, 0.4) is 0 Å². The van der Waals surface area contributed by atoms with Crippen LogP contribution in [-0.2, 0) is 4.79 Å². The molecule has 1 atom stereocenters. The highest BCUT2D eigenvalue weighted by atomic mass is 35.5. The fraction of sp³-hybridized carbons (Fsp3) is 0.263. The predicted octanol–water partition coefficient (Wildman–Crippen LogP) is 4.89. The summed E-state index contributed by atoms with van der Waals surface area (Å²) in [6.07, 6.45) is 0. The van der Waals surface area contributed by atoms with Crippen LogP contribution in [0.1, 0.15) is 23.5 Å². The zero-order valence-corrected chi connectivity index (χ0v) is 16.0. The number of carbonyl (C=O) groups excluding carboxylic acids is 1. The molecule has 1 amide bonds. The predicted molar refractivity (Wildman–Crippen MR) is 105 cm³/mol. The number of carbonyl (C=O) groups is 1. The van der Waals surface area contributed by atoms with E-state index in [4.69, 9.17) is 11.6 Å². The molecule has 0 unspecified atom stereocenters. The molecule has 4 nitrogen and oxygen atoms in total. The summed E-state index contributed by atoms with van der Waals surface area (Å²) in [7, 11) is 1.92. The van der Waals surface area contributed by atoms with Crippen LogP contribution < -0.4 is 5.32 Å². The largest absolute Gasteiger partial charge is 0.324 e. The molecule has 3 rings (SSSR count). The average molecular weight is 374 g/mol. The lowest BCUT2D eigenvalue weighted by Gasteiger charge is -2.22. The molecule has 130 valence electrons. The standard InChI is InChI=1S/C19H20ClN3OS/c1-12-8-9-15(14(20)10-12)21-18(24)11-23(3)13(2)19-22-16-6-4-5-7-17(16)25-19/h4-10,13H,11H2,1-3H3,(H,21,24)/t13-/m0/s1. The van der Waals surface area contributed by atoms with Gasteiger partial charge in [-0.3, -0.25) is 9.69 Å². The summed E-state index contributed by atoms with van der Waals surface area (Å²) in [6.45, 7) is 4.29. The summed E-state index contributed by atoms with van der Waals surface area (Å²) in [6, 6.07) is 13.7. The Morgan fingerprint density at radius 3 is 2.80 bits per heavy atom. The first kappa shape index (κ1) is 17.9. The normalized spacial score (nSPS) is 12.5. The minimum Gasteiger partial charge on any atom is -0.324 e. The number of halogens is 1. The number of hydrogen-bond acceptors (Lipinski definition) is 4. The highest BCUT2D eigenvalue weighted by molar-refractivity contribution is 7.18. The molecule has 0 aliphatic carbocycles. The Labute approximate surface area is 156 Å². The van der Waals surface area contributed by atoms with Crippen molar-refractivity contribution in [3.8, 4) is 0 Å². The maximum Gasteiger partial charge on any atom is 0.238 e. The molecule has 0 saturated carbocycles. The Kier molecular flexibility index (Phi) is 5.37. The molecule has 2 aromatic carbocycles. The van der Waals surface area contributed by atoms with Gasteiger partial charge in [0.1, 0.15) is 5.01 Å². The Morgan fingerprint density at radius 2 is 2.08 bits per heavy atom. The van der Waals surface area contributed by atoms with E-state index >= 15 is 0 Å². The highest BCUT2D eigenvalue weighted by Gasteiger charge is 2.19. The van der Waals surface area contributed by atoms with Gasteiger partial charge < -0.3 is 5.32 Å². The molecule has 1 heterocycles. The Morgan fingerprint density at radius 1 is 1.32 bits per heavy atom. The van der Waals surface area contributed by atoms with E-state index in [1.807, 2.05) is 55.3 Å². The van der Waals surface area contributed by atoms with E-state index in [-0.39, 0.29) is 18.5 Å². The second-order valence-electron chi connectivity index (χ2n) is 6.14. The van der Waals surface area contributed by atoms with Crippen molar-refractivity contribution < 1.29 is 4.79 Å². The molecule has 0 aliphatic rings. The van der Waals surface area contributed by atoms with Crippen LogP contribution in [0.25, 0.3) is 10.2 Å². The van der Waals surface area contributed by atoms with Gasteiger partial charge in [-0.2, -0.15) is 0 Å². The first-order valence-electron chi connectivity index (χ1n) is 8.06. The molecule has 0 fully saturated rings. The van der Waals surface area contributed by atoms with Gasteiger partial charge in [-0.25, -0.2) is 4.98 Å². The second-order valence-corrected chi connectivity index (χ2v) is 7.61. The second kappa shape index (κ2) is 7.52. The van der Waals surface area contributed by atoms with Gasteiger partial charge in [0.05, 0.1) is 33.5 Å². The third-order valence-corrected chi connectivity index (χ3v) is 5.64. The average Bonchev–Trinajstić information content (AvgIpc) is 3.00. The topological polar surface area (TPSA) is 45.2 Å². The zero-order valence-electron chi connectivity index (χ0n) is 14.4. The van der Waals surface area contributed by atoms with Gasteiger partial charge in [0.2, 0.25) is 5.91 Å². The first-order chi connectivity index (χ1) is 11.9. The molecule has 1 aromatic heterocycles. The fourth-order valence-corrected chi connectivity index (χ4v) is 3.90. The maximum atomic E-state index is 12.3. The Bertz CT molecular complexity index is 876. The monoisotopic (exact) mass is 373 g/mol. The number of likely N-dealkylation sites (N-methyl/N-ethyl adjacent to an activating group) is 1. The maximum absolute atomic E-state index is 12.3. The van der Waals surface area contributed by atoms with Crippen molar-refractivity contribution in [3.05, 3.63) is 58.1 Å². The number of aromatic nitrogens is 1. The number of thiazole rings is 1. The van der Waals surface area contributed by atoms with Crippen molar-refractivity contribution >= 4 is 44.7 Å². The molecule has 0 spiro atoms. The summed E-state index contributed by atoms with van der Waals surface area (Å²) < 4.78 is 1.16. The minimum absolute atomic E-state index is 0.0524. The van der Waals surface area contributed by atoms with Gasteiger partial charge in [-0.05, 0) is 50.7 Å². The molecule has 0 saturated heterocycles. The van der Waals surface area contributed by atoms with Crippen LogP contribution in [0, 0.1) is 6.92 Å². The van der Waals surface area contributed by atoms with Gasteiger partial charge in [-0.1, -0.05) is 29.8 Å². The summed E-state index contributed by atoms with van der Waals surface area (Å²) in [5.74, 6) is -0.0961. The number of amides is 1. The van der Waals surface area contributed by atoms with Gasteiger partial charge in [0, 0.05) is 0 Å². The molecule has 1 N–H and O–H groups in total. The summed E-state index contributed by atoms with van der Waals surface area (Å²) in [5.41, 5.74) is 2.70. The number of aryl methyl sites for hydroxylation is 1. The Hall–Kier alpha value is -1.95. The van der Waals surface area contributed by atoms with E-state index in [0.717, 1.165) is 20.8 Å². The Balaban J connectivity index is 1.66. The van der Waals surface area contributed by atoms with Crippen LogP contribution in [0.15, 0.2) is 42.5 Å². The van der Waals surface area contributed by atoms with E-state index in [1.165, 1.54) is 0 Å². The van der Waals surface area contributed by atoms with E-state index in [9.17, 15) is 4.79 Å². The smallest absolute Gasteiger partial charge is 0.238 e. The van der Waals surface area contributed by atoms with Crippen molar-refractivity contribution in [1.29, 1.82) is 0 Å². The third-order valence-electron chi connectivity index (χ3n) is 4.12. The molecule has 3 aromatic rings. The molecular weight excluding hydrogens is 354 g/mol. The summed E-state index contributed by atoms with van der Waals surface area (Å²) in [5, 5.41) is 4.43. The molecule has 0 radical (unpaired) electrons. The molecule has 6 heteroatoms. The van der Waals surface area contributed by atoms with Crippen molar-refractivity contribution in [1.82, 2.24) is 9.88 Å². The van der Waals surface area contributed by atoms with Crippen molar-refractivity contribution in [2.24, 2.45) is 0 Å². The number of para-hydroxylation sites is 1. The lowest BCUT2D eigenvalue weighted by molar-refractivity contribution is -0.117. The third kappa shape index (κ3) is 4.18. The molecule has 25 heavy (non-hydrogen) atoms. The number of nitrogens with one attached hydrogen (secondary N) is 1. The number of benzene rings is 2. The molecular formula is C19H20ClN3OS. The van der Waals surface area contributed by atoms with Gasteiger partial charge in [0.15, 0.2) is 0 Å². The van der Waals surface area contributed by atoms with E-state index in [0.29, 0.717) is 10.7 Å². The number of nitrogens with zero attached hydrogens (tertiary/aromatic N) is 2. The van der Waals surface area contributed by atoms with Crippen molar-refractivity contribution in [2.75, 3.05) is 18.9 Å². The number of fused-ring (bicyclic) bond motifs is 1. The van der Waals surface area contributed by atoms with Crippen LogP contribution in [-0.4, -0.2) is 29.4 Å². The van der Waals surface area contributed by atoms with Crippen molar-refractivity contribution in [2.45, 2.75) is 19.9 Å². The fourth-order valence-electron chi connectivity index (χ4n) is 2.53. The summed E-state index contributed by atoms with van der Waals surface area (Å²) >= 11 is 7.84. The van der Waals surface area contributed by atoms with Crippen LogP contribution in [0.2, 0.25) is 5.02 Å². The van der Waals surface area contributed by atoms with E-state index in [1.54, 1.807) is 11.3 Å². The lowest BCUT2D eigenvalue weighted by Crippen LogP contribution is -2.32. The van der Waals surface area contributed by atoms with Crippen LogP contribution >= 0.6 is 22.9 Å². The van der Waals surface area contributed by atoms with Gasteiger partial charge >= 0.3 is 0 Å². The van der Waals surface area contributed by atoms with Crippen LogP contribution in [0.5, 0.6) is 0 Å². The molecule has 0 aliphatic heterocycles. The van der Waals surface area contributed by atoms with Gasteiger partial charge in [-0.15, -0.1) is 11.3 Å². The van der Waals surface area contributed by atoms with E-state index < -0.39 is 0 Å². The SMILES string of the molecule is Cc1ccc(NC(=O)CN(C)[C@@H](C)c2nc3ccccc3s2)c(Cl)c1. The van der Waals surface area contributed by atoms with Gasteiger partial charge in [0.25, 0.3) is 0 Å². The quantitative estimate of drug-likeness (QED) is 0.692. The van der Waals surface area contributed by atoms with E-state index in [2.05, 4.69) is 23.3 Å². The zero-order chi connectivity index (χ0) is 18.0. The highest BCUT2D eigenvalue weighted by Crippen LogP contribution is 2.29.